The van der Waals surface area contributed by atoms with Gasteiger partial charge < -0.3 is 9.64 Å². The molecule has 1 aromatic carbocycles. The molecule has 0 atom stereocenters. The number of piperidine rings is 1. The van der Waals surface area contributed by atoms with E-state index in [1.54, 1.807) is 7.11 Å². The van der Waals surface area contributed by atoms with E-state index in [2.05, 4.69) is 46.0 Å². The molecule has 0 unspecified atom stereocenters. The van der Waals surface area contributed by atoms with Crippen LogP contribution in [0, 0.1) is 12.8 Å². The summed E-state index contributed by atoms with van der Waals surface area (Å²) >= 11 is 3.53. The Labute approximate surface area is 118 Å². The Balaban J connectivity index is 1.99. The summed E-state index contributed by atoms with van der Waals surface area (Å²) in [7, 11) is 1.80. The van der Waals surface area contributed by atoms with Crippen molar-refractivity contribution in [3.63, 3.8) is 0 Å². The Hall–Kier alpha value is -0.540. The van der Waals surface area contributed by atoms with E-state index >= 15 is 0 Å². The third kappa shape index (κ3) is 3.27. The lowest BCUT2D eigenvalue weighted by Crippen LogP contribution is -2.35. The van der Waals surface area contributed by atoms with E-state index in [1.165, 1.54) is 29.7 Å². The van der Waals surface area contributed by atoms with E-state index in [0.29, 0.717) is 0 Å². The zero-order valence-corrected chi connectivity index (χ0v) is 12.9. The van der Waals surface area contributed by atoms with Crippen molar-refractivity contribution in [1.29, 1.82) is 0 Å². The number of halogens is 1. The second-order valence-electron chi connectivity index (χ2n) is 5.13. The van der Waals surface area contributed by atoms with Crippen LogP contribution in [-0.2, 0) is 10.1 Å². The van der Waals surface area contributed by atoms with E-state index in [4.69, 9.17) is 4.74 Å². The maximum atomic E-state index is 5.25. The normalized spacial score (nSPS) is 17.2. The molecule has 1 aliphatic heterocycles. The molecule has 1 aliphatic rings. The predicted octanol–water partition coefficient (Wildman–Crippen LogP) is 3.75. The first-order chi connectivity index (χ1) is 8.74. The molecule has 100 valence electrons. The average molecular weight is 312 g/mol. The molecular formula is C15H22BrNO. The summed E-state index contributed by atoms with van der Waals surface area (Å²) in [6.45, 7) is 5.41. The maximum Gasteiger partial charge on any atom is 0.0491 e. The van der Waals surface area contributed by atoms with E-state index in [9.17, 15) is 0 Å². The molecule has 1 fully saturated rings. The molecule has 1 aromatic rings. The van der Waals surface area contributed by atoms with Crippen LogP contribution < -0.4 is 4.90 Å². The van der Waals surface area contributed by atoms with Gasteiger partial charge in [0.25, 0.3) is 0 Å². The minimum atomic E-state index is 0.745. The monoisotopic (exact) mass is 311 g/mol. The van der Waals surface area contributed by atoms with Gasteiger partial charge in [-0.2, -0.15) is 0 Å². The van der Waals surface area contributed by atoms with Gasteiger partial charge in [0.05, 0.1) is 0 Å². The first kappa shape index (κ1) is 13.9. The third-order valence-electron chi connectivity index (χ3n) is 3.85. The van der Waals surface area contributed by atoms with Crippen LogP contribution in [0.2, 0.25) is 0 Å². The van der Waals surface area contributed by atoms with E-state index < -0.39 is 0 Å². The number of aryl methyl sites for hydroxylation is 1. The lowest BCUT2D eigenvalue weighted by molar-refractivity contribution is 0.139. The molecule has 0 saturated carbocycles. The number of hydrogen-bond acceptors (Lipinski definition) is 2. The number of nitrogens with zero attached hydrogens (tertiary/aromatic N) is 1. The van der Waals surface area contributed by atoms with Crippen LogP contribution >= 0.6 is 15.9 Å². The summed E-state index contributed by atoms with van der Waals surface area (Å²) in [6, 6.07) is 6.80. The molecule has 0 radical (unpaired) electrons. The number of rotatable bonds is 4. The fourth-order valence-electron chi connectivity index (χ4n) is 2.62. The fraction of sp³-hybridized carbons (Fsp3) is 0.600. The summed E-state index contributed by atoms with van der Waals surface area (Å²) in [5.74, 6) is 0.745. The lowest BCUT2D eigenvalue weighted by Gasteiger charge is -2.33. The number of hydrogen-bond donors (Lipinski definition) is 0. The molecule has 18 heavy (non-hydrogen) atoms. The number of methoxy groups -OCH3 is 1. The minimum absolute atomic E-state index is 0.745. The molecule has 0 amide bonds. The SMILES string of the molecule is COCC1CCN(c2ccc(CBr)c(C)c2)CC1. The Morgan fingerprint density at radius 3 is 2.61 bits per heavy atom. The van der Waals surface area contributed by atoms with Gasteiger partial charge in [0.2, 0.25) is 0 Å². The molecule has 1 saturated heterocycles. The van der Waals surface area contributed by atoms with Crippen molar-refractivity contribution in [1.82, 2.24) is 0 Å². The van der Waals surface area contributed by atoms with Gasteiger partial charge in [0, 0.05) is 37.8 Å². The zero-order valence-electron chi connectivity index (χ0n) is 11.3. The number of ether oxygens (including phenoxy) is 1. The van der Waals surface area contributed by atoms with Crippen molar-refractivity contribution in [2.75, 3.05) is 31.7 Å². The standard InChI is InChI=1S/C15H22BrNO/c1-12-9-15(4-3-14(12)10-16)17-7-5-13(6-8-17)11-18-2/h3-4,9,13H,5-8,10-11H2,1-2H3. The Morgan fingerprint density at radius 1 is 1.33 bits per heavy atom. The second-order valence-corrected chi connectivity index (χ2v) is 5.69. The molecule has 0 spiro atoms. The van der Waals surface area contributed by atoms with Gasteiger partial charge in [-0.05, 0) is 48.9 Å². The molecule has 0 aliphatic carbocycles. The second kappa shape index (κ2) is 6.58. The van der Waals surface area contributed by atoms with Gasteiger partial charge >= 0.3 is 0 Å². The largest absolute Gasteiger partial charge is 0.384 e. The highest BCUT2D eigenvalue weighted by Gasteiger charge is 2.19. The van der Waals surface area contributed by atoms with Gasteiger partial charge in [0.15, 0.2) is 0 Å². The Kier molecular flexibility index (Phi) is 5.07. The first-order valence-electron chi connectivity index (χ1n) is 6.64. The van der Waals surface area contributed by atoms with E-state index in [0.717, 1.165) is 30.9 Å². The van der Waals surface area contributed by atoms with Gasteiger partial charge in [-0.15, -0.1) is 0 Å². The van der Waals surface area contributed by atoms with Crippen LogP contribution in [0.1, 0.15) is 24.0 Å². The van der Waals surface area contributed by atoms with Gasteiger partial charge in [-0.25, -0.2) is 0 Å². The highest BCUT2D eigenvalue weighted by Crippen LogP contribution is 2.26. The third-order valence-corrected chi connectivity index (χ3v) is 4.46. The van der Waals surface area contributed by atoms with Crippen LogP contribution in [0.5, 0.6) is 0 Å². The highest BCUT2D eigenvalue weighted by molar-refractivity contribution is 9.08. The predicted molar refractivity (Wildman–Crippen MR) is 80.6 cm³/mol. The number of alkyl halides is 1. The van der Waals surface area contributed by atoms with Crippen molar-refractivity contribution >= 4 is 21.6 Å². The molecule has 0 N–H and O–H groups in total. The van der Waals surface area contributed by atoms with Crippen LogP contribution in [0.25, 0.3) is 0 Å². The maximum absolute atomic E-state index is 5.25. The average Bonchev–Trinajstić information content (AvgIpc) is 2.40. The summed E-state index contributed by atoms with van der Waals surface area (Å²) in [4.78, 5) is 2.50. The Bertz CT molecular complexity index is 386. The molecule has 3 heteroatoms. The summed E-state index contributed by atoms with van der Waals surface area (Å²) < 4.78 is 5.25. The van der Waals surface area contributed by atoms with Crippen LogP contribution in [0.15, 0.2) is 18.2 Å². The smallest absolute Gasteiger partial charge is 0.0491 e. The summed E-state index contributed by atoms with van der Waals surface area (Å²) in [5.41, 5.74) is 4.13. The van der Waals surface area contributed by atoms with Gasteiger partial charge in [-0.3, -0.25) is 0 Å². The van der Waals surface area contributed by atoms with E-state index in [1.807, 2.05) is 0 Å². The van der Waals surface area contributed by atoms with Crippen LogP contribution in [0.3, 0.4) is 0 Å². The molecule has 2 nitrogen and oxygen atoms in total. The van der Waals surface area contributed by atoms with Crippen molar-refractivity contribution in [3.8, 4) is 0 Å². The van der Waals surface area contributed by atoms with Crippen molar-refractivity contribution in [3.05, 3.63) is 29.3 Å². The minimum Gasteiger partial charge on any atom is -0.384 e. The molecule has 1 heterocycles. The summed E-state index contributed by atoms with van der Waals surface area (Å²) in [6.07, 6.45) is 2.49. The molecule has 0 aromatic heterocycles. The number of anilines is 1. The Morgan fingerprint density at radius 2 is 2.06 bits per heavy atom. The fourth-order valence-corrected chi connectivity index (χ4v) is 3.25. The topological polar surface area (TPSA) is 12.5 Å². The molecule has 2 rings (SSSR count). The molecule has 0 bridgehead atoms. The number of benzene rings is 1. The summed E-state index contributed by atoms with van der Waals surface area (Å²) in [5, 5.41) is 0.940. The van der Waals surface area contributed by atoms with Gasteiger partial charge in [0.1, 0.15) is 0 Å². The van der Waals surface area contributed by atoms with Crippen molar-refractivity contribution in [2.24, 2.45) is 5.92 Å². The van der Waals surface area contributed by atoms with Crippen molar-refractivity contribution < 1.29 is 4.74 Å². The quantitative estimate of drug-likeness (QED) is 0.785. The van der Waals surface area contributed by atoms with Gasteiger partial charge in [-0.1, -0.05) is 22.0 Å². The molecular weight excluding hydrogens is 290 g/mol. The lowest BCUT2D eigenvalue weighted by atomic mass is 9.97. The zero-order chi connectivity index (χ0) is 13.0. The van der Waals surface area contributed by atoms with Crippen molar-refractivity contribution in [2.45, 2.75) is 25.1 Å². The van der Waals surface area contributed by atoms with E-state index in [-0.39, 0.29) is 0 Å². The highest BCUT2D eigenvalue weighted by atomic mass is 79.9. The van der Waals surface area contributed by atoms with Crippen LogP contribution in [0.4, 0.5) is 5.69 Å². The van der Waals surface area contributed by atoms with Crippen LogP contribution in [-0.4, -0.2) is 26.8 Å². The first-order valence-corrected chi connectivity index (χ1v) is 7.76.